The van der Waals surface area contributed by atoms with Gasteiger partial charge in [-0.2, -0.15) is 8.42 Å². The number of fused-ring (bicyclic) bond motifs is 5. The topological polar surface area (TPSA) is 61.8 Å². The molecule has 3 aromatic carbocycles. The molecular formula is C28H22O5S. The molecule has 170 valence electrons. The highest BCUT2D eigenvalue weighted by Gasteiger charge is 3.01. The van der Waals surface area contributed by atoms with Gasteiger partial charge in [-0.25, -0.2) is 8.37 Å². The van der Waals surface area contributed by atoms with E-state index in [0.717, 1.165) is 11.1 Å². The zero-order chi connectivity index (χ0) is 22.7. The van der Waals surface area contributed by atoms with E-state index in [1.807, 2.05) is 12.1 Å². The van der Waals surface area contributed by atoms with Crippen molar-refractivity contribution in [1.29, 1.82) is 0 Å². The molecule has 7 aliphatic rings. The first kappa shape index (κ1) is 18.8. The van der Waals surface area contributed by atoms with Gasteiger partial charge in [0.25, 0.3) is 0 Å². The molecule has 0 N–H and O–H groups in total. The minimum absolute atomic E-state index is 0.332. The predicted molar refractivity (Wildman–Crippen MR) is 122 cm³/mol. The summed E-state index contributed by atoms with van der Waals surface area (Å²) in [5.41, 5.74) is 0.926. The molecule has 5 nitrogen and oxygen atoms in total. The third-order valence-electron chi connectivity index (χ3n) is 10.3. The largest absolute Gasteiger partial charge is 0.401 e. The second kappa shape index (κ2) is 5.05. The molecule has 6 fully saturated rings. The highest BCUT2D eigenvalue weighted by Crippen LogP contribution is 2.97. The zero-order valence-electron chi connectivity index (χ0n) is 18.4. The molecule has 2 unspecified atom stereocenters. The normalized spacial score (nSPS) is 47.2. The van der Waals surface area contributed by atoms with Crippen LogP contribution in [-0.4, -0.2) is 19.6 Å². The van der Waals surface area contributed by atoms with Crippen LogP contribution in [0.2, 0.25) is 0 Å². The smallest absolute Gasteiger partial charge is 0.348 e. The molecular weight excluding hydrogens is 448 g/mol. The van der Waals surface area contributed by atoms with Crippen molar-refractivity contribution in [3.05, 3.63) is 107 Å². The number of ether oxygens (including phenoxy) is 1. The van der Waals surface area contributed by atoms with E-state index in [1.165, 1.54) is 11.1 Å². The molecule has 3 heterocycles. The first-order valence-corrected chi connectivity index (χ1v) is 13.3. The van der Waals surface area contributed by atoms with Gasteiger partial charge >= 0.3 is 10.4 Å². The number of hydrogen-bond acceptors (Lipinski definition) is 5. The standard InChI is InChI=1S/C28H22O5S/c29-34(30)32-25-15-23-16-26(25,33-34)18-24(23,17-25)28(20-11-5-2-6-12-20)22-14-8-7-13-21(22)27(23,31-28)19-9-3-1-4-10-19/h1-14H,15-18H2/t23?,24?,25?,26?,27-,28+. The summed E-state index contributed by atoms with van der Waals surface area (Å²) in [6.07, 6.45) is 2.49. The van der Waals surface area contributed by atoms with E-state index in [2.05, 4.69) is 72.8 Å². The molecule has 4 atom stereocenters. The van der Waals surface area contributed by atoms with Crippen LogP contribution in [0.15, 0.2) is 84.9 Å². The first-order valence-electron chi connectivity index (χ1n) is 12.0. The van der Waals surface area contributed by atoms with Gasteiger partial charge in [0, 0.05) is 10.8 Å². The molecule has 6 bridgehead atoms. The molecule has 3 aromatic rings. The van der Waals surface area contributed by atoms with Gasteiger partial charge in [0.05, 0.1) is 0 Å². The van der Waals surface area contributed by atoms with Crippen LogP contribution in [0.4, 0.5) is 0 Å². The third-order valence-corrected chi connectivity index (χ3v) is 11.4. The van der Waals surface area contributed by atoms with E-state index in [4.69, 9.17) is 13.1 Å². The summed E-state index contributed by atoms with van der Waals surface area (Å²) in [5, 5.41) is 0. The summed E-state index contributed by atoms with van der Waals surface area (Å²) < 4.78 is 44.6. The van der Waals surface area contributed by atoms with Crippen LogP contribution in [0.25, 0.3) is 0 Å². The minimum Gasteiger partial charge on any atom is -0.348 e. The summed E-state index contributed by atoms with van der Waals surface area (Å²) in [7, 11) is -4.00. The van der Waals surface area contributed by atoms with Crippen LogP contribution in [-0.2, 0) is 34.7 Å². The molecule has 2 saturated heterocycles. The van der Waals surface area contributed by atoms with Crippen LogP contribution >= 0.6 is 0 Å². The summed E-state index contributed by atoms with van der Waals surface area (Å²) in [6.45, 7) is 0. The Kier molecular flexibility index (Phi) is 2.79. The lowest BCUT2D eigenvalue weighted by molar-refractivity contribution is -0.0883. The molecule has 0 aromatic heterocycles. The molecule has 4 saturated carbocycles. The Morgan fingerprint density at radius 1 is 0.559 bits per heavy atom. The van der Waals surface area contributed by atoms with Crippen LogP contribution in [0, 0.1) is 10.8 Å². The van der Waals surface area contributed by atoms with Gasteiger partial charge in [-0.15, -0.1) is 0 Å². The fourth-order valence-electron chi connectivity index (χ4n) is 9.85. The lowest BCUT2D eigenvalue weighted by atomic mass is 9.47. The molecule has 4 spiro atoms. The van der Waals surface area contributed by atoms with Crippen molar-refractivity contribution in [3.63, 3.8) is 0 Å². The molecule has 0 radical (unpaired) electrons. The Balaban J connectivity index is 1.45. The van der Waals surface area contributed by atoms with E-state index < -0.39 is 32.8 Å². The van der Waals surface area contributed by atoms with Crippen molar-refractivity contribution in [1.82, 2.24) is 0 Å². The monoisotopic (exact) mass is 470 g/mol. The maximum Gasteiger partial charge on any atom is 0.401 e. The summed E-state index contributed by atoms with van der Waals surface area (Å²) >= 11 is 0. The van der Waals surface area contributed by atoms with Gasteiger partial charge in [0.15, 0.2) is 0 Å². The maximum atomic E-state index is 12.6. The average Bonchev–Trinajstić information content (AvgIpc) is 3.59. The van der Waals surface area contributed by atoms with Crippen molar-refractivity contribution >= 4 is 10.4 Å². The predicted octanol–water partition coefficient (Wildman–Crippen LogP) is 4.56. The van der Waals surface area contributed by atoms with Crippen molar-refractivity contribution in [2.75, 3.05) is 0 Å². The van der Waals surface area contributed by atoms with Gasteiger partial charge in [-0.3, -0.25) is 0 Å². The fraction of sp³-hybridized carbons (Fsp3) is 0.357. The Hall–Kier alpha value is -2.51. The third kappa shape index (κ3) is 1.50. The van der Waals surface area contributed by atoms with Crippen LogP contribution in [0.3, 0.4) is 0 Å². The molecule has 6 heteroatoms. The Morgan fingerprint density at radius 2 is 0.941 bits per heavy atom. The van der Waals surface area contributed by atoms with E-state index in [9.17, 15) is 8.42 Å². The lowest BCUT2D eigenvalue weighted by Gasteiger charge is -2.51. The second-order valence-electron chi connectivity index (χ2n) is 11.2. The summed E-state index contributed by atoms with van der Waals surface area (Å²) in [6, 6.07) is 29.6. The van der Waals surface area contributed by atoms with Gasteiger partial charge < -0.3 is 4.74 Å². The number of benzene rings is 3. The summed E-state index contributed by atoms with van der Waals surface area (Å²) in [4.78, 5) is 0. The molecule has 3 aliphatic heterocycles. The van der Waals surface area contributed by atoms with E-state index in [-0.39, 0.29) is 10.8 Å². The SMILES string of the molecule is O=S1(=O)OC23CC45CC2(CC4(C3)[C@@]2(c3ccccc3)O[C@]5(c3ccccc3)c3ccccc32)O1. The van der Waals surface area contributed by atoms with Crippen molar-refractivity contribution in [2.45, 2.75) is 48.1 Å². The Labute approximate surface area is 198 Å². The van der Waals surface area contributed by atoms with Gasteiger partial charge in [0.1, 0.15) is 22.4 Å². The minimum atomic E-state index is -4.00. The fourth-order valence-corrected chi connectivity index (χ4v) is 11.2. The number of hydrogen-bond donors (Lipinski definition) is 0. The zero-order valence-corrected chi connectivity index (χ0v) is 19.2. The van der Waals surface area contributed by atoms with Crippen molar-refractivity contribution in [2.24, 2.45) is 10.8 Å². The quantitative estimate of drug-likeness (QED) is 0.550. The average molecular weight is 471 g/mol. The van der Waals surface area contributed by atoms with Gasteiger partial charge in [-0.1, -0.05) is 84.9 Å². The van der Waals surface area contributed by atoms with E-state index in [1.54, 1.807) is 0 Å². The maximum absolute atomic E-state index is 12.6. The molecule has 0 amide bonds. The Bertz CT molecular complexity index is 1410. The molecule has 34 heavy (non-hydrogen) atoms. The van der Waals surface area contributed by atoms with Crippen LogP contribution in [0.5, 0.6) is 0 Å². The van der Waals surface area contributed by atoms with Gasteiger partial charge in [-0.05, 0) is 47.9 Å². The van der Waals surface area contributed by atoms with E-state index >= 15 is 0 Å². The van der Waals surface area contributed by atoms with Crippen molar-refractivity contribution in [3.8, 4) is 0 Å². The highest BCUT2D eigenvalue weighted by molar-refractivity contribution is 7.82. The van der Waals surface area contributed by atoms with Crippen LogP contribution in [0.1, 0.15) is 47.9 Å². The summed E-state index contributed by atoms with van der Waals surface area (Å²) in [5.74, 6) is 0. The van der Waals surface area contributed by atoms with Crippen LogP contribution < -0.4 is 0 Å². The van der Waals surface area contributed by atoms with E-state index in [0.29, 0.717) is 25.7 Å². The lowest BCUT2D eigenvalue weighted by Crippen LogP contribution is -2.52. The first-order chi connectivity index (χ1) is 16.4. The highest BCUT2D eigenvalue weighted by atomic mass is 32.3. The van der Waals surface area contributed by atoms with Crippen molar-refractivity contribution < 1.29 is 21.5 Å². The number of rotatable bonds is 2. The van der Waals surface area contributed by atoms with Gasteiger partial charge in [0.2, 0.25) is 0 Å². The molecule has 10 rings (SSSR count). The second-order valence-corrected chi connectivity index (χ2v) is 12.3. The molecule has 4 aliphatic carbocycles. The Morgan fingerprint density at radius 3 is 1.35 bits per heavy atom.